The van der Waals surface area contributed by atoms with Crippen molar-refractivity contribution in [2.24, 2.45) is 5.92 Å². The number of aliphatic hydroxyl groups excluding tert-OH is 1. The Balaban J connectivity index is 1.52. The molecule has 1 aliphatic rings. The lowest BCUT2D eigenvalue weighted by Gasteiger charge is -2.20. The Bertz CT molecular complexity index is 688. The topological polar surface area (TPSA) is 85.4 Å². The Morgan fingerprint density at radius 2 is 2.13 bits per heavy atom. The molecule has 6 heteroatoms. The number of nitrogens with zero attached hydrogens (tertiary/aromatic N) is 1. The smallest absolute Gasteiger partial charge is 0.268 e. The van der Waals surface area contributed by atoms with Crippen LogP contribution in [-0.4, -0.2) is 53.0 Å². The number of para-hydroxylation sites is 1. The van der Waals surface area contributed by atoms with Crippen LogP contribution in [0.5, 0.6) is 0 Å². The van der Waals surface area contributed by atoms with Gasteiger partial charge in [-0.05, 0) is 30.9 Å². The SMILES string of the molecule is CN(CC(O)C1CC1)C(=O)CNC(=O)c1cc2ccccc2[nH]1. The summed E-state index contributed by atoms with van der Waals surface area (Å²) in [6, 6.07) is 9.37. The fourth-order valence-corrected chi connectivity index (χ4v) is 2.59. The van der Waals surface area contributed by atoms with E-state index in [0.717, 1.165) is 23.7 Å². The van der Waals surface area contributed by atoms with Crippen LogP contribution >= 0.6 is 0 Å². The maximum Gasteiger partial charge on any atom is 0.268 e. The second-order valence-electron chi connectivity index (χ2n) is 6.13. The molecule has 3 rings (SSSR count). The van der Waals surface area contributed by atoms with E-state index in [1.165, 1.54) is 4.90 Å². The van der Waals surface area contributed by atoms with Crippen molar-refractivity contribution in [1.82, 2.24) is 15.2 Å². The van der Waals surface area contributed by atoms with E-state index in [2.05, 4.69) is 10.3 Å². The second kappa shape index (κ2) is 6.42. The highest BCUT2D eigenvalue weighted by atomic mass is 16.3. The maximum atomic E-state index is 12.1. The first-order chi connectivity index (χ1) is 11.0. The summed E-state index contributed by atoms with van der Waals surface area (Å²) in [4.78, 5) is 28.6. The number of nitrogens with one attached hydrogen (secondary N) is 2. The molecule has 0 spiro atoms. The van der Waals surface area contributed by atoms with E-state index in [-0.39, 0.29) is 18.4 Å². The van der Waals surface area contributed by atoms with Gasteiger partial charge >= 0.3 is 0 Å². The normalized spacial score (nSPS) is 15.4. The molecule has 2 amide bonds. The Morgan fingerprint density at radius 3 is 2.83 bits per heavy atom. The highest BCUT2D eigenvalue weighted by Gasteiger charge is 2.31. The first kappa shape index (κ1) is 15.6. The average molecular weight is 315 g/mol. The summed E-state index contributed by atoms with van der Waals surface area (Å²) in [5.74, 6) is -0.203. The van der Waals surface area contributed by atoms with Gasteiger partial charge in [-0.3, -0.25) is 9.59 Å². The second-order valence-corrected chi connectivity index (χ2v) is 6.13. The molecule has 1 aromatic heterocycles. The van der Waals surface area contributed by atoms with Crippen LogP contribution in [0.3, 0.4) is 0 Å². The Kier molecular flexibility index (Phi) is 4.34. The van der Waals surface area contributed by atoms with Crippen molar-refractivity contribution in [3.8, 4) is 0 Å². The molecule has 1 unspecified atom stereocenters. The minimum atomic E-state index is -0.464. The summed E-state index contributed by atoms with van der Waals surface area (Å²) in [6.07, 6.45) is 1.59. The average Bonchev–Trinajstić information content (AvgIpc) is 3.30. The van der Waals surface area contributed by atoms with Crippen LogP contribution in [0, 0.1) is 5.92 Å². The van der Waals surface area contributed by atoms with Gasteiger partial charge in [0.15, 0.2) is 0 Å². The standard InChI is InChI=1S/C17H21N3O3/c1-20(10-15(21)11-6-7-11)16(22)9-18-17(23)14-8-12-4-2-3-5-13(12)19-14/h2-5,8,11,15,19,21H,6-7,9-10H2,1H3,(H,18,23). The summed E-state index contributed by atoms with van der Waals surface area (Å²) in [5.41, 5.74) is 1.31. The number of rotatable bonds is 6. The number of likely N-dealkylation sites (N-methyl/N-ethyl adjacent to an activating group) is 1. The third kappa shape index (κ3) is 3.71. The molecule has 0 bridgehead atoms. The molecular weight excluding hydrogens is 294 g/mol. The monoisotopic (exact) mass is 315 g/mol. The number of aromatic amines is 1. The van der Waals surface area contributed by atoms with E-state index >= 15 is 0 Å². The molecule has 1 fully saturated rings. The van der Waals surface area contributed by atoms with Gasteiger partial charge in [0.2, 0.25) is 5.91 Å². The number of benzene rings is 1. The molecule has 6 nitrogen and oxygen atoms in total. The number of amides is 2. The van der Waals surface area contributed by atoms with Crippen LogP contribution in [0.15, 0.2) is 30.3 Å². The molecule has 23 heavy (non-hydrogen) atoms. The van der Waals surface area contributed by atoms with Crippen LogP contribution in [-0.2, 0) is 4.79 Å². The predicted molar refractivity (Wildman–Crippen MR) is 87.0 cm³/mol. The van der Waals surface area contributed by atoms with E-state index in [1.807, 2.05) is 24.3 Å². The number of aromatic nitrogens is 1. The molecule has 0 radical (unpaired) electrons. The fourth-order valence-electron chi connectivity index (χ4n) is 2.59. The lowest BCUT2D eigenvalue weighted by molar-refractivity contribution is -0.130. The summed E-state index contributed by atoms with van der Waals surface area (Å²) < 4.78 is 0. The lowest BCUT2D eigenvalue weighted by Crippen LogP contribution is -2.41. The summed E-state index contributed by atoms with van der Waals surface area (Å²) >= 11 is 0. The van der Waals surface area contributed by atoms with Gasteiger partial charge in [0, 0.05) is 24.5 Å². The largest absolute Gasteiger partial charge is 0.391 e. The van der Waals surface area contributed by atoms with Crippen LogP contribution in [0.1, 0.15) is 23.3 Å². The van der Waals surface area contributed by atoms with Crippen molar-refractivity contribution in [2.45, 2.75) is 18.9 Å². The molecule has 2 aromatic rings. The van der Waals surface area contributed by atoms with Crippen molar-refractivity contribution in [3.05, 3.63) is 36.0 Å². The number of hydrogen-bond acceptors (Lipinski definition) is 3. The number of hydrogen-bond donors (Lipinski definition) is 3. The highest BCUT2D eigenvalue weighted by Crippen LogP contribution is 2.32. The molecule has 1 aromatic carbocycles. The van der Waals surface area contributed by atoms with Gasteiger partial charge < -0.3 is 20.3 Å². The number of fused-ring (bicyclic) bond motifs is 1. The third-order valence-electron chi connectivity index (χ3n) is 4.23. The van der Waals surface area contributed by atoms with Gasteiger partial charge in [-0.2, -0.15) is 0 Å². The predicted octanol–water partition coefficient (Wildman–Crippen LogP) is 1.13. The van der Waals surface area contributed by atoms with Crippen molar-refractivity contribution in [3.63, 3.8) is 0 Å². The van der Waals surface area contributed by atoms with Crippen molar-refractivity contribution in [1.29, 1.82) is 0 Å². The zero-order valence-electron chi connectivity index (χ0n) is 13.1. The number of aliphatic hydroxyl groups is 1. The molecular formula is C17H21N3O3. The van der Waals surface area contributed by atoms with Crippen LogP contribution in [0.2, 0.25) is 0 Å². The summed E-state index contributed by atoms with van der Waals surface area (Å²) in [5, 5.41) is 13.4. The minimum absolute atomic E-state index is 0.0813. The fraction of sp³-hybridized carbons (Fsp3) is 0.412. The molecule has 3 N–H and O–H groups in total. The molecule has 0 saturated heterocycles. The zero-order chi connectivity index (χ0) is 16.4. The molecule has 1 saturated carbocycles. The number of carbonyl (C=O) groups excluding carboxylic acids is 2. The highest BCUT2D eigenvalue weighted by molar-refractivity contribution is 5.99. The first-order valence-electron chi connectivity index (χ1n) is 7.82. The third-order valence-corrected chi connectivity index (χ3v) is 4.23. The zero-order valence-corrected chi connectivity index (χ0v) is 13.1. The van der Waals surface area contributed by atoms with Crippen molar-refractivity contribution in [2.75, 3.05) is 20.1 Å². The van der Waals surface area contributed by atoms with Crippen molar-refractivity contribution >= 4 is 22.7 Å². The van der Waals surface area contributed by atoms with E-state index in [1.54, 1.807) is 13.1 Å². The van der Waals surface area contributed by atoms with Gasteiger partial charge in [0.25, 0.3) is 5.91 Å². The van der Waals surface area contributed by atoms with Crippen LogP contribution in [0.4, 0.5) is 0 Å². The Hall–Kier alpha value is -2.34. The maximum absolute atomic E-state index is 12.1. The van der Waals surface area contributed by atoms with E-state index < -0.39 is 6.10 Å². The molecule has 0 aliphatic heterocycles. The number of H-pyrrole nitrogens is 1. The van der Waals surface area contributed by atoms with E-state index in [4.69, 9.17) is 0 Å². The Morgan fingerprint density at radius 1 is 1.39 bits per heavy atom. The van der Waals surface area contributed by atoms with Crippen LogP contribution in [0.25, 0.3) is 10.9 Å². The Labute approximate surface area is 134 Å². The van der Waals surface area contributed by atoms with Gasteiger partial charge in [-0.15, -0.1) is 0 Å². The quantitative estimate of drug-likeness (QED) is 0.747. The molecule has 122 valence electrons. The molecule has 1 heterocycles. The first-order valence-corrected chi connectivity index (χ1v) is 7.82. The lowest BCUT2D eigenvalue weighted by atomic mass is 10.2. The summed E-state index contributed by atoms with van der Waals surface area (Å²) in [6.45, 7) is 0.230. The number of carbonyl (C=O) groups is 2. The van der Waals surface area contributed by atoms with Crippen molar-refractivity contribution < 1.29 is 14.7 Å². The van der Waals surface area contributed by atoms with Gasteiger partial charge in [-0.1, -0.05) is 18.2 Å². The van der Waals surface area contributed by atoms with E-state index in [0.29, 0.717) is 18.2 Å². The van der Waals surface area contributed by atoms with Crippen LogP contribution < -0.4 is 5.32 Å². The van der Waals surface area contributed by atoms with Gasteiger partial charge in [0.05, 0.1) is 12.6 Å². The van der Waals surface area contributed by atoms with Gasteiger partial charge in [-0.25, -0.2) is 0 Å². The van der Waals surface area contributed by atoms with E-state index in [9.17, 15) is 14.7 Å². The molecule has 1 atom stereocenters. The molecule has 1 aliphatic carbocycles. The van der Waals surface area contributed by atoms with Gasteiger partial charge in [0.1, 0.15) is 5.69 Å². The summed E-state index contributed by atoms with van der Waals surface area (Å²) in [7, 11) is 1.64. The minimum Gasteiger partial charge on any atom is -0.391 e.